The van der Waals surface area contributed by atoms with Gasteiger partial charge in [-0.1, -0.05) is 18.7 Å². The highest BCUT2D eigenvalue weighted by atomic mass is 32.2. The number of amidine groups is 1. The molecule has 0 saturated carbocycles. The number of hydrogen-bond acceptors (Lipinski definition) is 5. The van der Waals surface area contributed by atoms with E-state index in [1.807, 2.05) is 6.92 Å². The molecule has 0 aromatic heterocycles. The molecule has 2 atom stereocenters. The molecule has 104 valence electrons. The van der Waals surface area contributed by atoms with Crippen LogP contribution in [-0.4, -0.2) is 41.9 Å². The average molecular weight is 290 g/mol. The van der Waals surface area contributed by atoms with Crippen LogP contribution in [0.4, 0.5) is 0 Å². The van der Waals surface area contributed by atoms with Gasteiger partial charge in [0.15, 0.2) is 15.0 Å². The lowest BCUT2D eigenvalue weighted by molar-refractivity contribution is 0.429. The molecule has 18 heavy (non-hydrogen) atoms. The minimum atomic E-state index is -2.87. The van der Waals surface area contributed by atoms with Crippen molar-refractivity contribution >= 4 is 26.8 Å². The van der Waals surface area contributed by atoms with Crippen LogP contribution in [0.1, 0.15) is 40.0 Å². The topological polar surface area (TPSA) is 58.5 Å². The Kier molecular flexibility index (Phi) is 3.71. The lowest BCUT2D eigenvalue weighted by Crippen LogP contribution is -2.48. The Hall–Kier alpha value is -0.230. The van der Waals surface area contributed by atoms with E-state index < -0.39 is 9.84 Å². The summed E-state index contributed by atoms with van der Waals surface area (Å²) in [5, 5.41) is 4.29. The molecule has 2 aliphatic rings. The molecule has 6 heteroatoms. The van der Waals surface area contributed by atoms with Crippen molar-refractivity contribution in [2.24, 2.45) is 4.99 Å². The molecule has 0 amide bonds. The number of aliphatic imine (C=N–C) groups is 1. The minimum Gasteiger partial charge on any atom is -0.359 e. The number of nitrogens with one attached hydrogen (secondary N) is 1. The first-order valence-corrected chi connectivity index (χ1v) is 9.28. The summed E-state index contributed by atoms with van der Waals surface area (Å²) in [6, 6.07) is 0. The first kappa shape index (κ1) is 14.2. The summed E-state index contributed by atoms with van der Waals surface area (Å²) in [4.78, 5) is 4.76. The normalized spacial score (nSPS) is 39.4. The number of rotatable bonds is 2. The highest BCUT2D eigenvalue weighted by Crippen LogP contribution is 2.31. The zero-order valence-corrected chi connectivity index (χ0v) is 13.0. The molecule has 0 aromatic carbocycles. The standard InChI is InChI=1S/C12H22N2O2S2/c1-4-11(2)5-7-17-10(13-11)14-12(3)6-8-18(15,16)9-12/h4-9H2,1-3H3,(H,13,14). The molecule has 0 aliphatic carbocycles. The Morgan fingerprint density at radius 2 is 2.11 bits per heavy atom. The van der Waals surface area contributed by atoms with Gasteiger partial charge in [0.25, 0.3) is 0 Å². The highest BCUT2D eigenvalue weighted by Gasteiger charge is 2.40. The van der Waals surface area contributed by atoms with Gasteiger partial charge in [-0.05, 0) is 33.1 Å². The monoisotopic (exact) mass is 290 g/mol. The van der Waals surface area contributed by atoms with Gasteiger partial charge in [0, 0.05) is 5.75 Å². The van der Waals surface area contributed by atoms with Gasteiger partial charge in [0.05, 0.1) is 22.6 Å². The molecule has 4 nitrogen and oxygen atoms in total. The van der Waals surface area contributed by atoms with Crippen molar-refractivity contribution in [2.45, 2.75) is 51.1 Å². The summed E-state index contributed by atoms with van der Waals surface area (Å²) in [5.74, 6) is 1.57. The van der Waals surface area contributed by atoms with Crippen molar-refractivity contribution in [3.05, 3.63) is 0 Å². The largest absolute Gasteiger partial charge is 0.359 e. The Balaban J connectivity index is 2.10. The molecule has 2 unspecified atom stereocenters. The number of thioether (sulfide) groups is 1. The SMILES string of the molecule is CCC1(C)CCSC(NC2(C)CCS(=O)(=O)C2)=N1. The predicted molar refractivity (Wildman–Crippen MR) is 78.0 cm³/mol. The van der Waals surface area contributed by atoms with Gasteiger partial charge in [-0.2, -0.15) is 0 Å². The molecule has 1 fully saturated rings. The van der Waals surface area contributed by atoms with Crippen molar-refractivity contribution in [3.8, 4) is 0 Å². The maximum Gasteiger partial charge on any atom is 0.157 e. The van der Waals surface area contributed by atoms with Crippen LogP contribution in [0.3, 0.4) is 0 Å². The van der Waals surface area contributed by atoms with E-state index in [1.165, 1.54) is 0 Å². The summed E-state index contributed by atoms with van der Waals surface area (Å²) in [7, 11) is -2.87. The van der Waals surface area contributed by atoms with Gasteiger partial charge in [-0.25, -0.2) is 8.42 Å². The zero-order chi connectivity index (χ0) is 13.4. The fraction of sp³-hybridized carbons (Fsp3) is 0.917. The molecule has 1 N–H and O–H groups in total. The smallest absolute Gasteiger partial charge is 0.157 e. The molecule has 2 rings (SSSR count). The van der Waals surface area contributed by atoms with Crippen molar-refractivity contribution in [1.29, 1.82) is 0 Å². The zero-order valence-electron chi connectivity index (χ0n) is 11.3. The molecule has 0 radical (unpaired) electrons. The van der Waals surface area contributed by atoms with Gasteiger partial charge < -0.3 is 5.32 Å². The summed E-state index contributed by atoms with van der Waals surface area (Å²) in [6.45, 7) is 6.31. The Morgan fingerprint density at radius 3 is 2.67 bits per heavy atom. The van der Waals surface area contributed by atoms with Crippen LogP contribution in [0, 0.1) is 0 Å². The number of hydrogen-bond donors (Lipinski definition) is 1. The summed E-state index contributed by atoms with van der Waals surface area (Å²) in [5.41, 5.74) is -0.321. The lowest BCUT2D eigenvalue weighted by atomic mass is 9.96. The summed E-state index contributed by atoms with van der Waals surface area (Å²) < 4.78 is 23.2. The quantitative estimate of drug-likeness (QED) is 0.843. The van der Waals surface area contributed by atoms with Crippen molar-refractivity contribution in [1.82, 2.24) is 5.32 Å². The molecule has 2 heterocycles. The second kappa shape index (κ2) is 4.71. The third kappa shape index (κ3) is 3.20. The van der Waals surface area contributed by atoms with Crippen molar-refractivity contribution < 1.29 is 8.42 Å². The van der Waals surface area contributed by atoms with Crippen LogP contribution in [-0.2, 0) is 9.84 Å². The fourth-order valence-corrected chi connectivity index (χ4v) is 5.82. The molecule has 0 spiro atoms. The van der Waals surface area contributed by atoms with E-state index >= 15 is 0 Å². The first-order valence-electron chi connectivity index (χ1n) is 6.47. The Labute approximate surface area is 114 Å². The first-order chi connectivity index (χ1) is 8.26. The van der Waals surface area contributed by atoms with Crippen LogP contribution in [0.25, 0.3) is 0 Å². The van der Waals surface area contributed by atoms with E-state index in [4.69, 9.17) is 4.99 Å². The third-order valence-corrected chi connectivity index (χ3v) is 6.70. The average Bonchev–Trinajstić information content (AvgIpc) is 2.53. The van der Waals surface area contributed by atoms with Gasteiger partial charge in [0.1, 0.15) is 0 Å². The second-order valence-corrected chi connectivity index (χ2v) is 9.16. The van der Waals surface area contributed by atoms with Crippen LogP contribution >= 0.6 is 11.8 Å². The molecule has 2 aliphatic heterocycles. The molecular formula is C12H22N2O2S2. The van der Waals surface area contributed by atoms with Crippen LogP contribution in [0.5, 0.6) is 0 Å². The Bertz CT molecular complexity index is 461. The summed E-state index contributed by atoms with van der Waals surface area (Å²) >= 11 is 1.71. The van der Waals surface area contributed by atoms with E-state index in [0.717, 1.165) is 23.8 Å². The van der Waals surface area contributed by atoms with Crippen molar-refractivity contribution in [3.63, 3.8) is 0 Å². The predicted octanol–water partition coefficient (Wildman–Crippen LogP) is 1.81. The van der Waals surface area contributed by atoms with Crippen molar-refractivity contribution in [2.75, 3.05) is 17.3 Å². The third-order valence-electron chi connectivity index (χ3n) is 3.92. The van der Waals surface area contributed by atoms with E-state index in [-0.39, 0.29) is 16.8 Å². The maximum absolute atomic E-state index is 11.6. The van der Waals surface area contributed by atoms with Gasteiger partial charge in [-0.15, -0.1) is 0 Å². The molecule has 1 saturated heterocycles. The van der Waals surface area contributed by atoms with Gasteiger partial charge in [-0.3, -0.25) is 4.99 Å². The number of sulfone groups is 1. The Morgan fingerprint density at radius 1 is 1.39 bits per heavy atom. The van der Waals surface area contributed by atoms with E-state index in [1.54, 1.807) is 11.8 Å². The minimum absolute atomic E-state index is 0.0153. The van der Waals surface area contributed by atoms with E-state index in [2.05, 4.69) is 19.2 Å². The van der Waals surface area contributed by atoms with Crippen LogP contribution < -0.4 is 5.32 Å². The van der Waals surface area contributed by atoms with E-state index in [0.29, 0.717) is 12.2 Å². The summed E-state index contributed by atoms with van der Waals surface area (Å²) in [6.07, 6.45) is 2.79. The highest BCUT2D eigenvalue weighted by molar-refractivity contribution is 8.13. The lowest BCUT2D eigenvalue weighted by Gasteiger charge is -2.33. The van der Waals surface area contributed by atoms with Gasteiger partial charge >= 0.3 is 0 Å². The van der Waals surface area contributed by atoms with E-state index in [9.17, 15) is 8.42 Å². The molecular weight excluding hydrogens is 268 g/mol. The van der Waals surface area contributed by atoms with Crippen LogP contribution in [0.15, 0.2) is 4.99 Å². The van der Waals surface area contributed by atoms with Crippen LogP contribution in [0.2, 0.25) is 0 Å². The van der Waals surface area contributed by atoms with Gasteiger partial charge in [0.2, 0.25) is 0 Å². The fourth-order valence-electron chi connectivity index (χ4n) is 2.39. The molecule has 0 aromatic rings. The second-order valence-electron chi connectivity index (χ2n) is 5.89. The number of nitrogens with zero attached hydrogens (tertiary/aromatic N) is 1. The maximum atomic E-state index is 11.6. The molecule has 0 bridgehead atoms.